The highest BCUT2D eigenvalue weighted by atomic mass is 14.2. The Balaban J connectivity index is 1.06. The fourth-order valence-electron chi connectivity index (χ4n) is 10.6. The number of benzene rings is 13. The number of fused-ring (bicyclic) bond motifs is 4. The zero-order valence-electron chi connectivity index (χ0n) is 38.6. The van der Waals surface area contributed by atoms with Gasteiger partial charge in [0.2, 0.25) is 0 Å². The van der Waals surface area contributed by atoms with Crippen LogP contribution in [0.15, 0.2) is 279 Å². The summed E-state index contributed by atoms with van der Waals surface area (Å²) >= 11 is 0. The Kier molecular flexibility index (Phi) is 10.3. The largest absolute Gasteiger partial charge is 0.0622 e. The van der Waals surface area contributed by atoms with Gasteiger partial charge in [-0.2, -0.15) is 0 Å². The molecule has 0 fully saturated rings. The first-order valence-electron chi connectivity index (χ1n) is 24.2. The second-order valence-corrected chi connectivity index (χ2v) is 18.5. The Labute approximate surface area is 409 Å². The van der Waals surface area contributed by atoms with Crippen molar-refractivity contribution in [1.29, 1.82) is 0 Å². The molecule has 0 aliphatic carbocycles. The molecule has 0 atom stereocenters. The molecule has 0 aromatic heterocycles. The first-order chi connectivity index (χ1) is 34.7. The Morgan fingerprint density at radius 3 is 0.743 bits per heavy atom. The molecule has 0 radical (unpaired) electrons. The van der Waals surface area contributed by atoms with Crippen LogP contribution < -0.4 is 0 Å². The van der Waals surface area contributed by atoms with Gasteiger partial charge < -0.3 is 0 Å². The van der Waals surface area contributed by atoms with Gasteiger partial charge in [0.25, 0.3) is 0 Å². The molecule has 0 aliphatic rings. The lowest BCUT2D eigenvalue weighted by Crippen LogP contribution is -1.93. The number of hydrogen-bond donors (Lipinski definition) is 0. The van der Waals surface area contributed by atoms with Crippen LogP contribution in [0.4, 0.5) is 0 Å². The van der Waals surface area contributed by atoms with Crippen molar-refractivity contribution in [2.45, 2.75) is 0 Å². The van der Waals surface area contributed by atoms with Crippen molar-refractivity contribution in [1.82, 2.24) is 0 Å². The van der Waals surface area contributed by atoms with Gasteiger partial charge in [-0.15, -0.1) is 0 Å². The van der Waals surface area contributed by atoms with Gasteiger partial charge in [-0.3, -0.25) is 0 Å². The fraction of sp³-hybridized carbons (Fsp3) is 0. The summed E-state index contributed by atoms with van der Waals surface area (Å²) in [6.45, 7) is 0. The van der Waals surface area contributed by atoms with Crippen molar-refractivity contribution in [3.63, 3.8) is 0 Å². The van der Waals surface area contributed by atoms with Crippen LogP contribution >= 0.6 is 0 Å². The zero-order chi connectivity index (χ0) is 46.4. The van der Waals surface area contributed by atoms with E-state index in [4.69, 9.17) is 0 Å². The van der Waals surface area contributed by atoms with E-state index in [2.05, 4.69) is 279 Å². The van der Waals surface area contributed by atoms with Crippen molar-refractivity contribution in [2.75, 3.05) is 0 Å². The third-order valence-electron chi connectivity index (χ3n) is 14.2. The third kappa shape index (κ3) is 7.63. The maximum Gasteiger partial charge on any atom is -0.00926 e. The van der Waals surface area contributed by atoms with E-state index in [1.807, 2.05) is 0 Å². The molecule has 13 aromatic carbocycles. The minimum absolute atomic E-state index is 1.17. The van der Waals surface area contributed by atoms with E-state index in [0.717, 1.165) is 0 Å². The van der Waals surface area contributed by atoms with Crippen molar-refractivity contribution in [2.24, 2.45) is 0 Å². The summed E-state index contributed by atoms with van der Waals surface area (Å²) in [4.78, 5) is 0. The summed E-state index contributed by atoms with van der Waals surface area (Å²) in [7, 11) is 0. The maximum absolute atomic E-state index is 2.45. The highest BCUT2D eigenvalue weighted by Crippen LogP contribution is 2.46. The van der Waals surface area contributed by atoms with Crippen LogP contribution in [0.2, 0.25) is 0 Å². The molecule has 0 spiro atoms. The summed E-state index contributed by atoms with van der Waals surface area (Å²) < 4.78 is 0. The lowest BCUT2D eigenvalue weighted by atomic mass is 9.84. The predicted molar refractivity (Wildman–Crippen MR) is 300 cm³/mol. The van der Waals surface area contributed by atoms with Gasteiger partial charge in [-0.05, 0) is 199 Å². The molecule has 0 saturated heterocycles. The molecule has 0 heteroatoms. The quantitative estimate of drug-likeness (QED) is 0.143. The van der Waals surface area contributed by atoms with E-state index in [1.165, 1.54) is 132 Å². The SMILES string of the molecule is c1ccc(-c2cc(-c3cc(-c4ccccc4)c4cc(-c5ccc6ccccc6c5)cc(-c5ccccc5)c4c3)cc3c(-c4ccccc4)cc(-c4cccc(-c5ccc6ccccc6c5)c4)cc23)cc1. The molecule has 0 unspecified atom stereocenters. The van der Waals surface area contributed by atoms with Gasteiger partial charge in [-0.1, -0.05) is 212 Å². The molecule has 0 aliphatic heterocycles. The summed E-state index contributed by atoms with van der Waals surface area (Å²) in [5.41, 5.74) is 19.1. The molecule has 13 rings (SSSR count). The summed E-state index contributed by atoms with van der Waals surface area (Å²) in [5.74, 6) is 0. The second kappa shape index (κ2) is 17.5. The van der Waals surface area contributed by atoms with Gasteiger partial charge >= 0.3 is 0 Å². The monoisotopic (exact) mass is 886 g/mol. The van der Waals surface area contributed by atoms with E-state index >= 15 is 0 Å². The smallest absolute Gasteiger partial charge is 0.00926 e. The molecule has 0 heterocycles. The number of rotatable bonds is 8. The van der Waals surface area contributed by atoms with Crippen LogP contribution in [0.25, 0.3) is 132 Å². The first kappa shape index (κ1) is 41.1. The summed E-state index contributed by atoms with van der Waals surface area (Å²) in [5, 5.41) is 9.86. The van der Waals surface area contributed by atoms with Crippen molar-refractivity contribution in [3.05, 3.63) is 279 Å². The molecule has 326 valence electrons. The van der Waals surface area contributed by atoms with E-state index < -0.39 is 0 Å². The summed E-state index contributed by atoms with van der Waals surface area (Å²) in [6, 6.07) is 103. The van der Waals surface area contributed by atoms with Crippen LogP contribution in [0.5, 0.6) is 0 Å². The van der Waals surface area contributed by atoms with Crippen LogP contribution in [0.1, 0.15) is 0 Å². The molecular weight excluding hydrogens is 841 g/mol. The van der Waals surface area contributed by atoms with E-state index in [0.29, 0.717) is 0 Å². The van der Waals surface area contributed by atoms with Crippen molar-refractivity contribution in [3.8, 4) is 89.0 Å². The van der Waals surface area contributed by atoms with Crippen molar-refractivity contribution >= 4 is 43.1 Å². The van der Waals surface area contributed by atoms with E-state index in [-0.39, 0.29) is 0 Å². The third-order valence-corrected chi connectivity index (χ3v) is 14.2. The average molecular weight is 887 g/mol. The molecule has 0 nitrogen and oxygen atoms in total. The van der Waals surface area contributed by atoms with Gasteiger partial charge in [0.05, 0.1) is 0 Å². The molecule has 0 saturated carbocycles. The van der Waals surface area contributed by atoms with Crippen LogP contribution in [0, 0.1) is 0 Å². The number of hydrogen-bond acceptors (Lipinski definition) is 0. The molecule has 0 amide bonds. The molecular formula is C70H46. The lowest BCUT2D eigenvalue weighted by molar-refractivity contribution is 1.58. The highest BCUT2D eigenvalue weighted by molar-refractivity contribution is 6.12. The van der Waals surface area contributed by atoms with Crippen LogP contribution in [0.3, 0.4) is 0 Å². The molecule has 70 heavy (non-hydrogen) atoms. The Morgan fingerprint density at radius 1 is 0.129 bits per heavy atom. The minimum Gasteiger partial charge on any atom is -0.0622 e. The fourth-order valence-corrected chi connectivity index (χ4v) is 10.6. The highest BCUT2D eigenvalue weighted by Gasteiger charge is 2.19. The standard InChI is InChI=1S/C70H46/c1-5-20-49(21-6-1)63-39-59(56-31-17-30-55(38-56)57-34-32-47-18-13-15-28-53(47)36-57)43-67-65(51-24-9-3-10-25-51)41-61(45-69(63)67)62-42-66(52-26-11-4-12-27-52)68-44-60(58-35-33-48-19-14-16-29-54(48)37-58)40-64(70(68)46-62)50-22-7-2-8-23-50/h1-46H. The Bertz CT molecular complexity index is 4080. The maximum atomic E-state index is 2.45. The Hall–Kier alpha value is -9.10. The topological polar surface area (TPSA) is 0 Å². The van der Waals surface area contributed by atoms with Crippen LogP contribution in [-0.4, -0.2) is 0 Å². The van der Waals surface area contributed by atoms with E-state index in [1.54, 1.807) is 0 Å². The molecule has 13 aromatic rings. The van der Waals surface area contributed by atoms with Gasteiger partial charge in [0.15, 0.2) is 0 Å². The van der Waals surface area contributed by atoms with Crippen molar-refractivity contribution < 1.29 is 0 Å². The zero-order valence-corrected chi connectivity index (χ0v) is 38.6. The molecule has 0 bridgehead atoms. The lowest BCUT2D eigenvalue weighted by Gasteiger charge is -2.20. The Morgan fingerprint density at radius 2 is 0.386 bits per heavy atom. The average Bonchev–Trinajstić information content (AvgIpc) is 3.44. The minimum atomic E-state index is 1.17. The first-order valence-corrected chi connectivity index (χ1v) is 24.2. The second-order valence-electron chi connectivity index (χ2n) is 18.5. The van der Waals surface area contributed by atoms with Gasteiger partial charge in [0.1, 0.15) is 0 Å². The molecule has 0 N–H and O–H groups in total. The van der Waals surface area contributed by atoms with Gasteiger partial charge in [-0.25, -0.2) is 0 Å². The van der Waals surface area contributed by atoms with Gasteiger partial charge in [0, 0.05) is 0 Å². The van der Waals surface area contributed by atoms with E-state index in [9.17, 15) is 0 Å². The predicted octanol–water partition coefficient (Wildman–Crippen LogP) is 19.6. The summed E-state index contributed by atoms with van der Waals surface area (Å²) in [6.07, 6.45) is 0. The normalized spacial score (nSPS) is 11.4. The van der Waals surface area contributed by atoms with Crippen LogP contribution in [-0.2, 0) is 0 Å².